The fourth-order valence-corrected chi connectivity index (χ4v) is 4.53. The van der Waals surface area contributed by atoms with Gasteiger partial charge in [0.2, 0.25) is 0 Å². The first-order valence-electron chi connectivity index (χ1n) is 8.03. The van der Waals surface area contributed by atoms with Gasteiger partial charge in [-0.2, -0.15) is 0 Å². The summed E-state index contributed by atoms with van der Waals surface area (Å²) < 4.78 is 0. The number of anilines is 1. The summed E-state index contributed by atoms with van der Waals surface area (Å²) >= 11 is 1.70. The van der Waals surface area contributed by atoms with E-state index in [0.717, 1.165) is 23.5 Å². The maximum absolute atomic E-state index is 12.9. The quantitative estimate of drug-likeness (QED) is 0.802. The molecule has 2 heterocycles. The normalized spacial score (nSPS) is 25.7. The number of carbonyl (C=O) groups is 1. The zero-order valence-electron chi connectivity index (χ0n) is 13.4. The summed E-state index contributed by atoms with van der Waals surface area (Å²) in [5, 5.41) is 5.67. The van der Waals surface area contributed by atoms with Gasteiger partial charge >= 0.3 is 0 Å². The highest BCUT2D eigenvalue weighted by molar-refractivity contribution is 7.10. The Morgan fingerprint density at radius 3 is 2.78 bits per heavy atom. The van der Waals surface area contributed by atoms with Crippen LogP contribution in [0.15, 0.2) is 46.8 Å². The molecule has 0 radical (unpaired) electrons. The van der Waals surface area contributed by atoms with Crippen molar-refractivity contribution in [1.82, 2.24) is 0 Å². The number of ketones is 1. The number of nitrogens with zero attached hydrogens (tertiary/aromatic N) is 1. The smallest absolute Gasteiger partial charge is 0.144 e. The Labute approximate surface area is 140 Å². The van der Waals surface area contributed by atoms with Gasteiger partial charge in [-0.1, -0.05) is 32.0 Å². The van der Waals surface area contributed by atoms with E-state index >= 15 is 0 Å². The number of hydrogen-bond acceptors (Lipinski definition) is 4. The van der Waals surface area contributed by atoms with Crippen molar-refractivity contribution in [3.05, 3.63) is 46.7 Å². The zero-order valence-corrected chi connectivity index (χ0v) is 14.2. The molecule has 0 bridgehead atoms. The largest absolute Gasteiger partial charge is 0.375 e. The monoisotopic (exact) mass is 324 g/mol. The second-order valence-electron chi connectivity index (χ2n) is 7.22. The predicted octanol–water partition coefficient (Wildman–Crippen LogP) is 4.99. The number of Topliss-reactive ketones (excluding diaryl/α,β-unsaturated/α-hetero) is 1. The molecule has 1 N–H and O–H groups in total. The van der Waals surface area contributed by atoms with E-state index in [0.29, 0.717) is 12.2 Å². The van der Waals surface area contributed by atoms with Gasteiger partial charge in [-0.05, 0) is 35.4 Å². The number of rotatable bonds is 1. The van der Waals surface area contributed by atoms with Crippen molar-refractivity contribution in [2.75, 3.05) is 5.32 Å². The van der Waals surface area contributed by atoms with Crippen LogP contribution < -0.4 is 5.32 Å². The van der Waals surface area contributed by atoms with E-state index in [1.165, 1.54) is 4.88 Å². The molecule has 1 saturated carbocycles. The highest BCUT2D eigenvalue weighted by atomic mass is 32.1. The van der Waals surface area contributed by atoms with Crippen LogP contribution in [0.5, 0.6) is 0 Å². The third kappa shape index (κ3) is 2.61. The average Bonchev–Trinajstić information content (AvgIpc) is 2.95. The second kappa shape index (κ2) is 5.31. The van der Waals surface area contributed by atoms with Crippen LogP contribution in [0.1, 0.15) is 37.6 Å². The lowest BCUT2D eigenvalue weighted by molar-refractivity contribution is -0.124. The molecule has 4 rings (SSSR count). The minimum atomic E-state index is -0.158. The molecular weight excluding hydrogens is 304 g/mol. The molecule has 23 heavy (non-hydrogen) atoms. The SMILES string of the molecule is CC1(C)CC(=O)C2C(=Nc3ccccc3NC2c2cccs2)C1. The summed E-state index contributed by atoms with van der Waals surface area (Å²) in [7, 11) is 0. The summed E-state index contributed by atoms with van der Waals surface area (Å²) in [6.07, 6.45) is 1.50. The van der Waals surface area contributed by atoms with Crippen molar-refractivity contribution >= 4 is 34.2 Å². The molecule has 4 heteroatoms. The summed E-state index contributed by atoms with van der Waals surface area (Å²) in [4.78, 5) is 19.0. The van der Waals surface area contributed by atoms with Crippen LogP contribution in [0.4, 0.5) is 11.4 Å². The van der Waals surface area contributed by atoms with Gasteiger partial charge in [0.1, 0.15) is 5.78 Å². The molecule has 2 aromatic rings. The van der Waals surface area contributed by atoms with Crippen molar-refractivity contribution in [1.29, 1.82) is 0 Å². The fraction of sp³-hybridized carbons (Fsp3) is 0.368. The molecule has 0 spiro atoms. The van der Waals surface area contributed by atoms with E-state index in [1.54, 1.807) is 11.3 Å². The van der Waals surface area contributed by atoms with E-state index in [4.69, 9.17) is 4.99 Å². The van der Waals surface area contributed by atoms with Crippen LogP contribution in [0, 0.1) is 11.3 Å². The predicted molar refractivity (Wildman–Crippen MR) is 95.7 cm³/mol. The van der Waals surface area contributed by atoms with E-state index in [2.05, 4.69) is 30.6 Å². The summed E-state index contributed by atoms with van der Waals surface area (Å²) in [6.45, 7) is 4.32. The minimum absolute atomic E-state index is 0.00823. The number of benzene rings is 1. The van der Waals surface area contributed by atoms with Crippen molar-refractivity contribution in [2.45, 2.75) is 32.7 Å². The standard InChI is InChI=1S/C19H20N2OS/c1-19(2)10-14-17(15(22)11-19)18(16-8-5-9-23-16)21-13-7-4-3-6-12(13)20-14/h3-9,17-18,21H,10-11H2,1-2H3. The molecule has 3 nitrogen and oxygen atoms in total. The van der Waals surface area contributed by atoms with Gasteiger partial charge in [0, 0.05) is 17.0 Å². The van der Waals surface area contributed by atoms with Crippen LogP contribution in [0.3, 0.4) is 0 Å². The Balaban J connectivity index is 1.87. The van der Waals surface area contributed by atoms with Gasteiger partial charge in [-0.3, -0.25) is 9.79 Å². The lowest BCUT2D eigenvalue weighted by Gasteiger charge is -2.37. The van der Waals surface area contributed by atoms with Crippen LogP contribution in [0.25, 0.3) is 0 Å². The van der Waals surface area contributed by atoms with Gasteiger partial charge in [0.25, 0.3) is 0 Å². The number of thiophene rings is 1. The van der Waals surface area contributed by atoms with Crippen LogP contribution >= 0.6 is 11.3 Å². The molecule has 0 amide bonds. The van der Waals surface area contributed by atoms with Gasteiger partial charge < -0.3 is 5.32 Å². The molecule has 1 aromatic heterocycles. The first-order chi connectivity index (χ1) is 11.0. The maximum atomic E-state index is 12.9. The average molecular weight is 324 g/mol. The zero-order chi connectivity index (χ0) is 16.0. The Morgan fingerprint density at radius 1 is 1.17 bits per heavy atom. The Hall–Kier alpha value is -1.94. The molecule has 2 unspecified atom stereocenters. The van der Waals surface area contributed by atoms with Gasteiger partial charge in [-0.25, -0.2) is 0 Å². The van der Waals surface area contributed by atoms with E-state index < -0.39 is 0 Å². The van der Waals surface area contributed by atoms with Crippen LogP contribution in [-0.4, -0.2) is 11.5 Å². The number of nitrogens with one attached hydrogen (secondary N) is 1. The van der Waals surface area contributed by atoms with E-state index in [9.17, 15) is 4.79 Å². The first kappa shape index (κ1) is 14.6. The van der Waals surface area contributed by atoms with Gasteiger partial charge in [0.05, 0.1) is 23.3 Å². The summed E-state index contributed by atoms with van der Waals surface area (Å²) in [5.74, 6) is 0.146. The third-order valence-electron chi connectivity index (χ3n) is 4.68. The number of carbonyl (C=O) groups excluding carboxylic acids is 1. The van der Waals surface area contributed by atoms with Crippen molar-refractivity contribution in [2.24, 2.45) is 16.3 Å². The van der Waals surface area contributed by atoms with Crippen LogP contribution in [0.2, 0.25) is 0 Å². The van der Waals surface area contributed by atoms with Crippen molar-refractivity contribution < 1.29 is 4.79 Å². The van der Waals surface area contributed by atoms with Crippen molar-refractivity contribution in [3.63, 3.8) is 0 Å². The highest BCUT2D eigenvalue weighted by Gasteiger charge is 2.44. The molecule has 1 aromatic carbocycles. The lowest BCUT2D eigenvalue weighted by Crippen LogP contribution is -2.41. The molecule has 2 atom stereocenters. The number of fused-ring (bicyclic) bond motifs is 2. The lowest BCUT2D eigenvalue weighted by atomic mass is 9.69. The second-order valence-corrected chi connectivity index (χ2v) is 8.20. The molecule has 2 aliphatic rings. The highest BCUT2D eigenvalue weighted by Crippen LogP contribution is 2.45. The summed E-state index contributed by atoms with van der Waals surface area (Å²) in [6, 6.07) is 12.2. The molecule has 1 fully saturated rings. The van der Waals surface area contributed by atoms with Crippen LogP contribution in [-0.2, 0) is 4.79 Å². The van der Waals surface area contributed by atoms with Gasteiger partial charge in [0.15, 0.2) is 0 Å². The third-order valence-corrected chi connectivity index (χ3v) is 5.64. The van der Waals surface area contributed by atoms with E-state index in [1.807, 2.05) is 30.3 Å². The first-order valence-corrected chi connectivity index (χ1v) is 8.91. The number of aliphatic imine (C=N–C) groups is 1. The molecular formula is C19H20N2OS. The van der Waals surface area contributed by atoms with E-state index in [-0.39, 0.29) is 17.4 Å². The molecule has 1 aliphatic carbocycles. The summed E-state index contributed by atoms with van der Waals surface area (Å²) in [5.41, 5.74) is 2.98. The van der Waals surface area contributed by atoms with Gasteiger partial charge in [-0.15, -0.1) is 11.3 Å². The number of hydrogen-bond donors (Lipinski definition) is 1. The topological polar surface area (TPSA) is 41.5 Å². The fourth-order valence-electron chi connectivity index (χ4n) is 3.72. The molecule has 1 aliphatic heterocycles. The Morgan fingerprint density at radius 2 is 2.00 bits per heavy atom. The number of para-hydroxylation sites is 2. The van der Waals surface area contributed by atoms with Crippen molar-refractivity contribution in [3.8, 4) is 0 Å². The molecule has 118 valence electrons. The minimum Gasteiger partial charge on any atom is -0.375 e. The molecule has 0 saturated heterocycles. The maximum Gasteiger partial charge on any atom is 0.144 e. The Bertz CT molecular complexity index is 776. The Kier molecular flexibility index (Phi) is 3.38.